The van der Waals surface area contributed by atoms with E-state index >= 15 is 0 Å². The van der Waals surface area contributed by atoms with Crippen molar-refractivity contribution in [3.05, 3.63) is 24.5 Å². The fourth-order valence-electron chi connectivity index (χ4n) is 0.199. The molecule has 1 aromatic heterocycles. The van der Waals surface area contributed by atoms with Crippen LogP contribution in [0.25, 0.3) is 0 Å². The van der Waals surface area contributed by atoms with E-state index in [2.05, 4.69) is 10.2 Å². The number of hydrogen-bond donors (Lipinski definition) is 0. The maximum Gasteiger partial charge on any atom is 0.0860 e. The van der Waals surface area contributed by atoms with Gasteiger partial charge < -0.3 is 0 Å². The lowest BCUT2D eigenvalue weighted by Gasteiger charge is -1.69. The van der Waals surface area contributed by atoms with Crippen molar-refractivity contribution >= 4 is 0 Å². The maximum atomic E-state index is 6.83. The molecule has 0 saturated heterocycles. The highest BCUT2D eigenvalue weighted by Gasteiger charge is 1.59. The van der Waals surface area contributed by atoms with Crippen LogP contribution < -0.4 is 0 Å². The van der Waals surface area contributed by atoms with Gasteiger partial charge in [-0.1, -0.05) is 0 Å². The fourth-order valence-corrected chi connectivity index (χ4v) is 0.199. The Kier molecular flexibility index (Phi) is 0.422. The summed E-state index contributed by atoms with van der Waals surface area (Å²) in [5.41, 5.74) is 0. The quantitative estimate of drug-likeness (QED) is 0.455. The van der Waals surface area contributed by atoms with Crippen molar-refractivity contribution < 1.29 is 2.74 Å². The zero-order valence-corrected chi connectivity index (χ0v) is 3.05. The Morgan fingerprint density at radius 2 is 1.67 bits per heavy atom. The number of aromatic nitrogens is 2. The lowest BCUT2D eigenvalue weighted by Crippen LogP contribution is -1.69. The lowest BCUT2D eigenvalue weighted by atomic mass is 10.6. The smallest absolute Gasteiger partial charge is 0.0860 e. The van der Waals surface area contributed by atoms with Crippen molar-refractivity contribution in [2.24, 2.45) is 0 Å². The average molecular weight is 82.1 g/mol. The first-order valence-corrected chi connectivity index (χ1v) is 1.56. The number of nitrogens with zero attached hydrogens (tertiary/aromatic N) is 2. The first-order chi connectivity index (χ1) is 3.79. The molecule has 0 radical (unpaired) electrons. The molecule has 0 aliphatic heterocycles. The second-order valence-electron chi connectivity index (χ2n) is 0.792. The molecule has 0 aliphatic rings. The molecule has 0 saturated carbocycles. The molecule has 1 heterocycles. The molecule has 0 aromatic carbocycles. The van der Waals surface area contributed by atoms with E-state index in [1.165, 1.54) is 12.1 Å². The van der Waals surface area contributed by atoms with E-state index in [4.69, 9.17) is 2.74 Å². The van der Waals surface area contributed by atoms with Gasteiger partial charge in [0, 0.05) is 12.3 Å². The van der Waals surface area contributed by atoms with Gasteiger partial charge in [-0.05, 0) is 12.1 Å². The normalized spacial score (nSPS) is 12.7. The Labute approximate surface area is 38.6 Å². The predicted octanol–water partition coefficient (Wildman–Crippen LogP) is 0.477. The molecule has 0 amide bonds. The number of hydrogen-bond acceptors (Lipinski definition) is 2. The van der Waals surface area contributed by atoms with Crippen LogP contribution in [0.4, 0.5) is 0 Å². The van der Waals surface area contributed by atoms with Gasteiger partial charge in [0.05, 0.1) is 2.74 Å². The van der Waals surface area contributed by atoms with Crippen LogP contribution in [0.5, 0.6) is 0 Å². The third kappa shape index (κ3) is 0.516. The third-order valence-electron chi connectivity index (χ3n) is 0.398. The molecule has 2 heteroatoms. The van der Waals surface area contributed by atoms with E-state index in [9.17, 15) is 0 Å². The fraction of sp³-hybridized carbons (Fsp3) is 0. The lowest BCUT2D eigenvalue weighted by molar-refractivity contribution is 1.03. The molecule has 2 nitrogen and oxygen atoms in total. The topological polar surface area (TPSA) is 25.8 Å². The second kappa shape index (κ2) is 1.50. The van der Waals surface area contributed by atoms with Crippen LogP contribution in [0, 0.1) is 0 Å². The molecule has 6 heavy (non-hydrogen) atoms. The largest absolute Gasteiger partial charge is 0.159 e. The van der Waals surface area contributed by atoms with Gasteiger partial charge in [0.15, 0.2) is 0 Å². The highest BCUT2D eigenvalue weighted by Crippen LogP contribution is 1.68. The van der Waals surface area contributed by atoms with Crippen LogP contribution in [0.1, 0.15) is 2.74 Å². The Hall–Kier alpha value is -0.920. The van der Waals surface area contributed by atoms with Crippen molar-refractivity contribution in [1.29, 1.82) is 0 Å². The van der Waals surface area contributed by atoms with E-state index in [-0.39, 0.29) is 12.3 Å². The van der Waals surface area contributed by atoms with Crippen LogP contribution in [0.3, 0.4) is 0 Å². The zero-order chi connectivity index (χ0) is 5.98. The van der Waals surface area contributed by atoms with Crippen molar-refractivity contribution in [2.45, 2.75) is 0 Å². The summed E-state index contributed by atoms with van der Waals surface area (Å²) in [5.74, 6) is 0. The van der Waals surface area contributed by atoms with Crippen LogP contribution in [-0.2, 0) is 0 Å². The molecular weight excluding hydrogens is 76.1 g/mol. The summed E-state index contributed by atoms with van der Waals surface area (Å²) in [6, 6.07) is 2.85. The molecule has 0 N–H and O–H groups in total. The molecule has 0 fully saturated rings. The van der Waals surface area contributed by atoms with E-state index in [0.717, 1.165) is 0 Å². The van der Waals surface area contributed by atoms with Crippen molar-refractivity contribution in [3.63, 3.8) is 0 Å². The van der Waals surface area contributed by atoms with Crippen LogP contribution in [-0.4, -0.2) is 10.2 Å². The Balaban J connectivity index is 3.03. The van der Waals surface area contributed by atoms with Gasteiger partial charge >= 0.3 is 0 Å². The summed E-state index contributed by atoms with van der Waals surface area (Å²) in [5, 5.41) is 6.62. The molecule has 1 aromatic rings. The minimum atomic E-state index is 0.0981. The van der Waals surface area contributed by atoms with Gasteiger partial charge in [-0.15, -0.1) is 0 Å². The van der Waals surface area contributed by atoms with Gasteiger partial charge in [-0.3, -0.25) is 0 Å². The summed E-state index contributed by atoms with van der Waals surface area (Å²) in [6.07, 6.45) is 0.196. The van der Waals surface area contributed by atoms with Gasteiger partial charge in [0.25, 0.3) is 0 Å². The summed E-state index contributed by atoms with van der Waals surface area (Å²) < 4.78 is 13.7. The van der Waals surface area contributed by atoms with E-state index < -0.39 is 0 Å². The standard InChI is InChI=1S/C4H4N2/c1-2-4-6-5-3-1/h1-4H/i3D,4D. The monoisotopic (exact) mass is 82.1 g/mol. The number of rotatable bonds is 0. The third-order valence-corrected chi connectivity index (χ3v) is 0.398. The first kappa shape index (κ1) is 1.69. The summed E-state index contributed by atoms with van der Waals surface area (Å²) in [6.45, 7) is 0. The van der Waals surface area contributed by atoms with Gasteiger partial charge in [-0.2, -0.15) is 10.2 Å². The highest BCUT2D eigenvalue weighted by molar-refractivity contribution is 4.79. The Bertz CT molecular complexity index is 151. The van der Waals surface area contributed by atoms with Crippen molar-refractivity contribution in [2.75, 3.05) is 0 Å². The second-order valence-corrected chi connectivity index (χ2v) is 0.792. The molecule has 1 rings (SSSR count). The first-order valence-electron chi connectivity index (χ1n) is 2.56. The average Bonchev–Trinajstić information content (AvgIpc) is 1.77. The summed E-state index contributed by atoms with van der Waals surface area (Å²) >= 11 is 0. The minimum Gasteiger partial charge on any atom is -0.159 e. The van der Waals surface area contributed by atoms with Gasteiger partial charge in [-0.25, -0.2) is 0 Å². The molecule has 0 unspecified atom stereocenters. The van der Waals surface area contributed by atoms with E-state index in [1.807, 2.05) is 0 Å². The van der Waals surface area contributed by atoms with Crippen LogP contribution in [0.2, 0.25) is 0 Å². The molecule has 0 bridgehead atoms. The highest BCUT2D eigenvalue weighted by atomic mass is 15.1. The molecule has 0 spiro atoms. The predicted molar refractivity (Wildman–Crippen MR) is 22.0 cm³/mol. The summed E-state index contributed by atoms with van der Waals surface area (Å²) in [7, 11) is 0. The molecule has 0 aliphatic carbocycles. The minimum absolute atomic E-state index is 0.0981. The van der Waals surface area contributed by atoms with Crippen LogP contribution >= 0.6 is 0 Å². The SMILES string of the molecule is [2H]c1ccc([2H])nn1. The zero-order valence-electron chi connectivity index (χ0n) is 5.05. The molecule has 30 valence electrons. The maximum absolute atomic E-state index is 6.83. The van der Waals surface area contributed by atoms with Gasteiger partial charge in [0.1, 0.15) is 0 Å². The molecule has 0 atom stereocenters. The van der Waals surface area contributed by atoms with E-state index in [1.54, 1.807) is 0 Å². The molecular formula is C4H4N2. The Morgan fingerprint density at radius 3 is 2.00 bits per heavy atom. The van der Waals surface area contributed by atoms with Crippen LogP contribution in [0.15, 0.2) is 24.5 Å². The Morgan fingerprint density at radius 1 is 1.17 bits per heavy atom. The van der Waals surface area contributed by atoms with Crippen molar-refractivity contribution in [3.8, 4) is 0 Å². The van der Waals surface area contributed by atoms with Gasteiger partial charge in [0.2, 0.25) is 0 Å². The van der Waals surface area contributed by atoms with E-state index in [0.29, 0.717) is 0 Å². The summed E-state index contributed by atoms with van der Waals surface area (Å²) in [4.78, 5) is 0. The van der Waals surface area contributed by atoms with Crippen molar-refractivity contribution in [1.82, 2.24) is 10.2 Å².